The zero-order valence-corrected chi connectivity index (χ0v) is 7.29. The Kier molecular flexibility index (Phi) is 3.29. The highest BCUT2D eigenvalue weighted by Gasteiger charge is 2.39. The third-order valence-electron chi connectivity index (χ3n) is 1.96. The van der Waals surface area contributed by atoms with E-state index in [1.54, 1.807) is 11.8 Å². The van der Waals surface area contributed by atoms with E-state index >= 15 is 0 Å². The lowest BCUT2D eigenvalue weighted by molar-refractivity contribution is -0.207. The molecule has 1 heterocycles. The molecule has 1 aliphatic rings. The van der Waals surface area contributed by atoms with E-state index in [9.17, 15) is 13.2 Å². The minimum absolute atomic E-state index is 0.0478. The van der Waals surface area contributed by atoms with E-state index in [1.165, 1.54) is 0 Å². The summed E-state index contributed by atoms with van der Waals surface area (Å²) >= 11 is 1.66. The second kappa shape index (κ2) is 3.87. The zero-order valence-electron chi connectivity index (χ0n) is 6.47. The van der Waals surface area contributed by atoms with Gasteiger partial charge in [0.2, 0.25) is 0 Å². The fourth-order valence-electron chi connectivity index (χ4n) is 1.22. The third kappa shape index (κ3) is 2.86. The fourth-order valence-corrected chi connectivity index (χ4v) is 2.52. The van der Waals surface area contributed by atoms with Gasteiger partial charge in [0.25, 0.3) is 0 Å². The quantitative estimate of drug-likeness (QED) is 0.736. The first-order valence-corrected chi connectivity index (χ1v) is 4.98. The van der Waals surface area contributed by atoms with E-state index in [4.69, 9.17) is 5.11 Å². The number of hydrogen-bond donors (Lipinski definition) is 1. The summed E-state index contributed by atoms with van der Waals surface area (Å²) in [6, 6.07) is 0. The van der Waals surface area contributed by atoms with Crippen molar-refractivity contribution in [2.75, 3.05) is 11.5 Å². The highest BCUT2D eigenvalue weighted by molar-refractivity contribution is 7.99. The Balaban J connectivity index is 2.30. The molecule has 0 amide bonds. The summed E-state index contributed by atoms with van der Waals surface area (Å²) in [7, 11) is 0. The first-order chi connectivity index (χ1) is 5.50. The molecule has 2 atom stereocenters. The Labute approximate surface area is 73.3 Å². The Morgan fingerprint density at radius 2 is 2.17 bits per heavy atom. The van der Waals surface area contributed by atoms with Gasteiger partial charge in [0, 0.05) is 0 Å². The molecule has 0 aromatic carbocycles. The smallest absolute Gasteiger partial charge is 0.384 e. The van der Waals surface area contributed by atoms with Crippen molar-refractivity contribution in [3.63, 3.8) is 0 Å². The maximum atomic E-state index is 11.8. The van der Waals surface area contributed by atoms with E-state index in [1.807, 2.05) is 0 Å². The van der Waals surface area contributed by atoms with Crippen LogP contribution in [0.4, 0.5) is 13.2 Å². The Morgan fingerprint density at radius 3 is 2.58 bits per heavy atom. The Hall–Kier alpha value is 0.100. The van der Waals surface area contributed by atoms with Crippen LogP contribution in [0.5, 0.6) is 0 Å². The van der Waals surface area contributed by atoms with Crippen molar-refractivity contribution >= 4 is 11.8 Å². The molecule has 1 rings (SSSR count). The largest absolute Gasteiger partial charge is 0.414 e. The molecule has 12 heavy (non-hydrogen) atoms. The number of aliphatic hydroxyl groups is 1. The molecule has 72 valence electrons. The molecule has 0 aliphatic carbocycles. The number of hydrogen-bond acceptors (Lipinski definition) is 2. The Bertz CT molecular complexity index is 142. The number of rotatable bonds is 2. The fraction of sp³-hybridized carbons (Fsp3) is 1.00. The van der Waals surface area contributed by atoms with Crippen molar-refractivity contribution in [2.24, 2.45) is 5.92 Å². The number of alkyl halides is 3. The molecule has 1 saturated heterocycles. The molecule has 1 nitrogen and oxygen atoms in total. The standard InChI is InChI=1S/C7H11F3OS/c8-7(9,10)6(11)3-5-1-2-12-4-5/h5-6,11H,1-4H2. The van der Waals surface area contributed by atoms with Crippen LogP contribution in [0.1, 0.15) is 12.8 Å². The van der Waals surface area contributed by atoms with Crippen molar-refractivity contribution in [2.45, 2.75) is 25.1 Å². The summed E-state index contributed by atoms with van der Waals surface area (Å²) in [5.41, 5.74) is 0. The normalized spacial score (nSPS) is 27.5. The predicted molar refractivity (Wildman–Crippen MR) is 42.1 cm³/mol. The summed E-state index contributed by atoms with van der Waals surface area (Å²) in [6.45, 7) is 0. The van der Waals surface area contributed by atoms with Crippen LogP contribution in [-0.2, 0) is 0 Å². The molecule has 0 saturated carbocycles. The Morgan fingerprint density at radius 1 is 1.50 bits per heavy atom. The van der Waals surface area contributed by atoms with Gasteiger partial charge in [-0.25, -0.2) is 0 Å². The van der Waals surface area contributed by atoms with Crippen LogP contribution >= 0.6 is 11.8 Å². The van der Waals surface area contributed by atoms with Crippen molar-refractivity contribution in [1.82, 2.24) is 0 Å². The zero-order chi connectivity index (χ0) is 9.19. The van der Waals surface area contributed by atoms with Crippen molar-refractivity contribution < 1.29 is 18.3 Å². The third-order valence-corrected chi connectivity index (χ3v) is 3.19. The maximum absolute atomic E-state index is 11.8. The number of halogens is 3. The molecule has 0 bridgehead atoms. The van der Waals surface area contributed by atoms with E-state index < -0.39 is 12.3 Å². The van der Waals surface area contributed by atoms with E-state index in [-0.39, 0.29) is 12.3 Å². The lowest BCUT2D eigenvalue weighted by Gasteiger charge is -2.17. The monoisotopic (exact) mass is 200 g/mol. The van der Waals surface area contributed by atoms with Gasteiger partial charge in [0.15, 0.2) is 0 Å². The second-order valence-corrected chi connectivity index (χ2v) is 4.17. The molecule has 0 radical (unpaired) electrons. The average molecular weight is 200 g/mol. The average Bonchev–Trinajstić information content (AvgIpc) is 2.37. The molecule has 5 heteroatoms. The molecule has 1 N–H and O–H groups in total. The molecule has 0 aromatic heterocycles. The minimum Gasteiger partial charge on any atom is -0.384 e. The van der Waals surface area contributed by atoms with E-state index in [0.29, 0.717) is 0 Å². The van der Waals surface area contributed by atoms with Crippen molar-refractivity contribution in [3.8, 4) is 0 Å². The predicted octanol–water partition coefficient (Wildman–Crippen LogP) is 2.05. The summed E-state index contributed by atoms with van der Waals surface area (Å²) < 4.78 is 35.5. The van der Waals surface area contributed by atoms with Crippen LogP contribution in [0.2, 0.25) is 0 Å². The molecular formula is C7H11F3OS. The maximum Gasteiger partial charge on any atom is 0.414 e. The van der Waals surface area contributed by atoms with Gasteiger partial charge in [-0.1, -0.05) is 0 Å². The SMILES string of the molecule is OC(CC1CCSC1)C(F)(F)F. The highest BCUT2D eigenvalue weighted by Crippen LogP contribution is 2.31. The molecular weight excluding hydrogens is 189 g/mol. The minimum atomic E-state index is -4.44. The topological polar surface area (TPSA) is 20.2 Å². The van der Waals surface area contributed by atoms with Gasteiger partial charge in [-0.2, -0.15) is 24.9 Å². The summed E-state index contributed by atoms with van der Waals surface area (Å²) in [4.78, 5) is 0. The van der Waals surface area contributed by atoms with Crippen LogP contribution in [0, 0.1) is 5.92 Å². The number of aliphatic hydroxyl groups excluding tert-OH is 1. The molecule has 1 fully saturated rings. The van der Waals surface area contributed by atoms with Crippen LogP contribution in [0.15, 0.2) is 0 Å². The van der Waals surface area contributed by atoms with E-state index in [0.717, 1.165) is 17.9 Å². The molecule has 0 aromatic rings. The highest BCUT2D eigenvalue weighted by atomic mass is 32.2. The summed E-state index contributed by atoms with van der Waals surface area (Å²) in [5, 5.41) is 8.71. The molecule has 1 aliphatic heterocycles. The first kappa shape index (κ1) is 10.2. The van der Waals surface area contributed by atoms with Gasteiger partial charge in [-0.05, 0) is 30.3 Å². The van der Waals surface area contributed by atoms with Crippen LogP contribution in [0.3, 0.4) is 0 Å². The van der Waals surface area contributed by atoms with Gasteiger partial charge >= 0.3 is 6.18 Å². The summed E-state index contributed by atoms with van der Waals surface area (Å²) in [6.07, 6.45) is -5.89. The lowest BCUT2D eigenvalue weighted by Crippen LogP contribution is -2.30. The van der Waals surface area contributed by atoms with E-state index in [2.05, 4.69) is 0 Å². The van der Waals surface area contributed by atoms with Gasteiger partial charge < -0.3 is 5.11 Å². The van der Waals surface area contributed by atoms with Gasteiger partial charge in [0.1, 0.15) is 6.10 Å². The lowest BCUT2D eigenvalue weighted by atomic mass is 10.0. The van der Waals surface area contributed by atoms with Crippen molar-refractivity contribution in [1.29, 1.82) is 0 Å². The van der Waals surface area contributed by atoms with Crippen LogP contribution in [0.25, 0.3) is 0 Å². The van der Waals surface area contributed by atoms with Crippen LogP contribution in [-0.4, -0.2) is 28.9 Å². The van der Waals surface area contributed by atoms with Gasteiger partial charge in [-0.3, -0.25) is 0 Å². The van der Waals surface area contributed by atoms with Gasteiger partial charge in [-0.15, -0.1) is 0 Å². The molecule has 2 unspecified atom stereocenters. The number of thioether (sulfide) groups is 1. The van der Waals surface area contributed by atoms with Gasteiger partial charge in [0.05, 0.1) is 0 Å². The second-order valence-electron chi connectivity index (χ2n) is 3.02. The summed E-state index contributed by atoms with van der Waals surface area (Å²) in [5.74, 6) is 1.73. The molecule has 0 spiro atoms. The van der Waals surface area contributed by atoms with Crippen molar-refractivity contribution in [3.05, 3.63) is 0 Å². The first-order valence-electron chi connectivity index (χ1n) is 3.82. The van der Waals surface area contributed by atoms with Crippen LogP contribution < -0.4 is 0 Å².